The van der Waals surface area contributed by atoms with Crippen molar-refractivity contribution in [1.29, 1.82) is 0 Å². The molecule has 0 saturated carbocycles. The van der Waals surface area contributed by atoms with Crippen molar-refractivity contribution < 1.29 is 14.3 Å². The number of para-hydroxylation sites is 1. The van der Waals surface area contributed by atoms with Gasteiger partial charge in [0, 0.05) is 4.88 Å². The molecule has 0 spiro atoms. The second-order valence-corrected chi connectivity index (χ2v) is 6.10. The standard InChI is InChI=1S/C16H18N2O3S/c1-10(2)13-9-12(14(22-13)15(19)21-3)18(16(17)20)11-7-5-4-6-8-11/h4-10H,1-3H3,(H2,17,20). The van der Waals surface area contributed by atoms with E-state index in [1.165, 1.54) is 23.3 Å². The molecule has 116 valence electrons. The fraction of sp³-hybridized carbons (Fsp3) is 0.250. The summed E-state index contributed by atoms with van der Waals surface area (Å²) >= 11 is 1.32. The predicted octanol–water partition coefficient (Wildman–Crippen LogP) is 3.87. The number of methoxy groups -OCH3 is 1. The number of carbonyl (C=O) groups is 2. The third-order valence-corrected chi connectivity index (χ3v) is 4.55. The van der Waals surface area contributed by atoms with Crippen LogP contribution in [0.3, 0.4) is 0 Å². The Bertz CT molecular complexity index is 680. The summed E-state index contributed by atoms with van der Waals surface area (Å²) in [6.07, 6.45) is 0. The number of amides is 2. The number of nitrogens with zero attached hydrogens (tertiary/aromatic N) is 1. The first-order valence-electron chi connectivity index (χ1n) is 6.82. The first-order chi connectivity index (χ1) is 10.5. The van der Waals surface area contributed by atoms with Crippen molar-refractivity contribution in [3.05, 3.63) is 46.2 Å². The number of anilines is 2. The summed E-state index contributed by atoms with van der Waals surface area (Å²) in [5.41, 5.74) is 6.60. The van der Waals surface area contributed by atoms with E-state index < -0.39 is 12.0 Å². The zero-order valence-electron chi connectivity index (χ0n) is 12.7. The van der Waals surface area contributed by atoms with Crippen LogP contribution in [0.5, 0.6) is 0 Å². The number of carbonyl (C=O) groups excluding carboxylic acids is 2. The molecule has 0 radical (unpaired) electrons. The van der Waals surface area contributed by atoms with Crippen LogP contribution in [0.15, 0.2) is 36.4 Å². The number of thiophene rings is 1. The van der Waals surface area contributed by atoms with Crippen LogP contribution in [0.2, 0.25) is 0 Å². The molecule has 0 saturated heterocycles. The molecule has 0 unspecified atom stereocenters. The lowest BCUT2D eigenvalue weighted by atomic mass is 10.1. The molecule has 1 heterocycles. The molecular formula is C16H18N2O3S. The van der Waals surface area contributed by atoms with Gasteiger partial charge in [0.1, 0.15) is 4.88 Å². The highest BCUT2D eigenvalue weighted by atomic mass is 32.1. The molecule has 1 aromatic heterocycles. The maximum absolute atomic E-state index is 12.0. The third-order valence-electron chi connectivity index (χ3n) is 3.15. The van der Waals surface area contributed by atoms with E-state index in [9.17, 15) is 9.59 Å². The Balaban J connectivity index is 2.61. The van der Waals surface area contributed by atoms with Crippen LogP contribution in [0.4, 0.5) is 16.2 Å². The molecule has 0 atom stereocenters. The van der Waals surface area contributed by atoms with Gasteiger partial charge in [-0.25, -0.2) is 9.59 Å². The minimum atomic E-state index is -0.649. The Morgan fingerprint density at radius 3 is 2.36 bits per heavy atom. The quantitative estimate of drug-likeness (QED) is 0.870. The summed E-state index contributed by atoms with van der Waals surface area (Å²) in [6, 6.07) is 10.1. The van der Waals surface area contributed by atoms with Gasteiger partial charge in [0.25, 0.3) is 0 Å². The average Bonchev–Trinajstić information content (AvgIpc) is 2.92. The van der Waals surface area contributed by atoms with Crippen LogP contribution >= 0.6 is 11.3 Å². The minimum absolute atomic E-state index is 0.229. The number of benzene rings is 1. The summed E-state index contributed by atoms with van der Waals surface area (Å²) in [6.45, 7) is 4.04. The van der Waals surface area contributed by atoms with Crippen molar-refractivity contribution in [3.63, 3.8) is 0 Å². The van der Waals surface area contributed by atoms with Crippen LogP contribution < -0.4 is 10.6 Å². The first-order valence-corrected chi connectivity index (χ1v) is 7.64. The zero-order valence-corrected chi connectivity index (χ0v) is 13.5. The van der Waals surface area contributed by atoms with Crippen LogP contribution in [0, 0.1) is 0 Å². The number of hydrogen-bond acceptors (Lipinski definition) is 4. The summed E-state index contributed by atoms with van der Waals surface area (Å²) in [5.74, 6) is -0.248. The monoisotopic (exact) mass is 318 g/mol. The van der Waals surface area contributed by atoms with Crippen LogP contribution in [-0.4, -0.2) is 19.1 Å². The largest absolute Gasteiger partial charge is 0.465 e. The van der Waals surface area contributed by atoms with Gasteiger partial charge < -0.3 is 10.5 Å². The molecule has 0 aliphatic rings. The highest BCUT2D eigenvalue weighted by molar-refractivity contribution is 7.14. The molecular weight excluding hydrogens is 300 g/mol. The number of urea groups is 1. The van der Waals surface area contributed by atoms with Gasteiger partial charge in [0.2, 0.25) is 0 Å². The van der Waals surface area contributed by atoms with Gasteiger partial charge in [0.15, 0.2) is 0 Å². The van der Waals surface area contributed by atoms with E-state index in [1.807, 2.05) is 26.0 Å². The molecule has 0 bridgehead atoms. The van der Waals surface area contributed by atoms with Gasteiger partial charge in [0.05, 0.1) is 18.5 Å². The Kier molecular flexibility index (Phi) is 4.82. The Morgan fingerprint density at radius 2 is 1.86 bits per heavy atom. The summed E-state index contributed by atoms with van der Waals surface area (Å²) in [4.78, 5) is 26.7. The maximum Gasteiger partial charge on any atom is 0.350 e. The molecule has 0 fully saturated rings. The normalized spacial score (nSPS) is 10.5. The third kappa shape index (κ3) is 3.12. The molecule has 5 nitrogen and oxygen atoms in total. The van der Waals surface area contributed by atoms with E-state index in [1.54, 1.807) is 24.3 Å². The second-order valence-electron chi connectivity index (χ2n) is 5.02. The fourth-order valence-electron chi connectivity index (χ4n) is 2.05. The van der Waals surface area contributed by atoms with Crippen molar-refractivity contribution in [2.24, 2.45) is 5.73 Å². The SMILES string of the molecule is COC(=O)c1sc(C(C)C)cc1N(C(N)=O)c1ccccc1. The van der Waals surface area contributed by atoms with Crippen molar-refractivity contribution in [2.75, 3.05) is 12.0 Å². The van der Waals surface area contributed by atoms with Gasteiger partial charge >= 0.3 is 12.0 Å². The fourth-order valence-corrected chi connectivity index (χ4v) is 3.11. The molecule has 2 aromatic rings. The van der Waals surface area contributed by atoms with E-state index >= 15 is 0 Å². The lowest BCUT2D eigenvalue weighted by molar-refractivity contribution is 0.0607. The highest BCUT2D eigenvalue weighted by Crippen LogP contribution is 2.38. The number of primary amides is 1. The minimum Gasteiger partial charge on any atom is -0.465 e. The van der Waals surface area contributed by atoms with Crippen molar-refractivity contribution >= 4 is 34.7 Å². The molecule has 2 amide bonds. The van der Waals surface area contributed by atoms with Gasteiger partial charge in [-0.2, -0.15) is 0 Å². The summed E-state index contributed by atoms with van der Waals surface area (Å²) in [7, 11) is 1.32. The van der Waals surface area contributed by atoms with Crippen LogP contribution in [0.25, 0.3) is 0 Å². The van der Waals surface area contributed by atoms with Gasteiger partial charge in [-0.3, -0.25) is 4.90 Å². The number of esters is 1. The van der Waals surface area contributed by atoms with Crippen molar-refractivity contribution in [2.45, 2.75) is 19.8 Å². The smallest absolute Gasteiger partial charge is 0.350 e. The van der Waals surface area contributed by atoms with Crippen LogP contribution in [-0.2, 0) is 4.74 Å². The zero-order chi connectivity index (χ0) is 16.3. The summed E-state index contributed by atoms with van der Waals surface area (Å²) in [5, 5.41) is 0. The lowest BCUT2D eigenvalue weighted by Gasteiger charge is -2.20. The number of nitrogens with two attached hydrogens (primary N) is 1. The van der Waals surface area contributed by atoms with Crippen molar-refractivity contribution in [1.82, 2.24) is 0 Å². The van der Waals surface area contributed by atoms with Gasteiger partial charge in [-0.1, -0.05) is 32.0 Å². The van der Waals surface area contributed by atoms with E-state index in [2.05, 4.69) is 0 Å². The topological polar surface area (TPSA) is 72.6 Å². The molecule has 0 aliphatic heterocycles. The molecule has 2 N–H and O–H groups in total. The average molecular weight is 318 g/mol. The van der Waals surface area contributed by atoms with Gasteiger partial charge in [-0.05, 0) is 24.1 Å². The predicted molar refractivity (Wildman–Crippen MR) is 87.9 cm³/mol. The Morgan fingerprint density at radius 1 is 1.23 bits per heavy atom. The Labute approximate surface area is 133 Å². The summed E-state index contributed by atoms with van der Waals surface area (Å²) < 4.78 is 4.83. The maximum atomic E-state index is 12.0. The van der Waals surface area contributed by atoms with Crippen LogP contribution in [0.1, 0.15) is 34.3 Å². The van der Waals surface area contributed by atoms with Gasteiger partial charge in [-0.15, -0.1) is 11.3 Å². The van der Waals surface area contributed by atoms with E-state index in [4.69, 9.17) is 10.5 Å². The number of rotatable bonds is 4. The van der Waals surface area contributed by atoms with E-state index in [0.29, 0.717) is 16.3 Å². The Hall–Kier alpha value is -2.34. The molecule has 6 heteroatoms. The number of hydrogen-bond donors (Lipinski definition) is 1. The molecule has 0 aliphatic carbocycles. The lowest BCUT2D eigenvalue weighted by Crippen LogP contribution is -2.32. The number of ether oxygens (including phenoxy) is 1. The second kappa shape index (κ2) is 6.62. The first kappa shape index (κ1) is 16.0. The van der Waals surface area contributed by atoms with E-state index in [0.717, 1.165) is 4.88 Å². The molecule has 1 aromatic carbocycles. The molecule has 22 heavy (non-hydrogen) atoms. The van der Waals surface area contributed by atoms with E-state index in [-0.39, 0.29) is 5.92 Å². The molecule has 2 rings (SSSR count). The van der Waals surface area contributed by atoms with Crippen molar-refractivity contribution in [3.8, 4) is 0 Å². The highest BCUT2D eigenvalue weighted by Gasteiger charge is 2.26.